The van der Waals surface area contributed by atoms with Gasteiger partial charge in [0.25, 0.3) is 0 Å². The van der Waals surface area contributed by atoms with Crippen LogP contribution in [-0.2, 0) is 0 Å². The van der Waals surface area contributed by atoms with Gasteiger partial charge in [-0.05, 0) is 13.8 Å². The molecule has 0 spiro atoms. The summed E-state index contributed by atoms with van der Waals surface area (Å²) in [4.78, 5) is 1.16. The number of aryl methyl sites for hydroxylation is 1. The van der Waals surface area contributed by atoms with Gasteiger partial charge in [-0.3, -0.25) is 0 Å². The molecule has 0 atom stereocenters. The van der Waals surface area contributed by atoms with Crippen molar-refractivity contribution in [3.8, 4) is 5.75 Å². The van der Waals surface area contributed by atoms with Gasteiger partial charge in [-0.1, -0.05) is 12.2 Å². The number of thiophene rings is 1. The standard InChI is InChI=1S/C8H10OS/c1-3-4-7-6(2)10-5-8(7)9/h3-5,9H,1-2H3. The predicted molar refractivity (Wildman–Crippen MR) is 45.4 cm³/mol. The fourth-order valence-corrected chi connectivity index (χ4v) is 1.54. The number of hydrogen-bond donors (Lipinski definition) is 1. The Morgan fingerprint density at radius 3 is 2.70 bits per heavy atom. The summed E-state index contributed by atoms with van der Waals surface area (Å²) in [5.41, 5.74) is 0.951. The van der Waals surface area contributed by atoms with Crippen LogP contribution < -0.4 is 0 Å². The van der Waals surface area contributed by atoms with Gasteiger partial charge in [0.1, 0.15) is 5.75 Å². The predicted octanol–water partition coefficient (Wildman–Crippen LogP) is 2.80. The first-order chi connectivity index (χ1) is 4.75. The van der Waals surface area contributed by atoms with Crippen LogP contribution in [0.2, 0.25) is 0 Å². The third-order valence-electron chi connectivity index (χ3n) is 1.34. The summed E-state index contributed by atoms with van der Waals surface area (Å²) in [5.74, 6) is 0.389. The summed E-state index contributed by atoms with van der Waals surface area (Å²) in [7, 11) is 0. The topological polar surface area (TPSA) is 20.2 Å². The number of rotatable bonds is 1. The van der Waals surface area contributed by atoms with E-state index in [2.05, 4.69) is 0 Å². The van der Waals surface area contributed by atoms with Crippen LogP contribution in [0.1, 0.15) is 17.4 Å². The van der Waals surface area contributed by atoms with E-state index in [0.717, 1.165) is 10.4 Å². The summed E-state index contributed by atoms with van der Waals surface area (Å²) in [5, 5.41) is 11.0. The fourth-order valence-electron chi connectivity index (χ4n) is 0.821. The molecule has 0 amide bonds. The first-order valence-corrected chi connectivity index (χ1v) is 4.03. The van der Waals surface area contributed by atoms with Crippen LogP contribution in [0.4, 0.5) is 0 Å². The van der Waals surface area contributed by atoms with Crippen LogP contribution in [0.3, 0.4) is 0 Å². The van der Waals surface area contributed by atoms with Crippen molar-refractivity contribution in [3.63, 3.8) is 0 Å². The van der Waals surface area contributed by atoms with E-state index >= 15 is 0 Å². The largest absolute Gasteiger partial charge is 0.506 e. The van der Waals surface area contributed by atoms with Crippen molar-refractivity contribution in [1.29, 1.82) is 0 Å². The van der Waals surface area contributed by atoms with E-state index in [9.17, 15) is 5.11 Å². The maximum atomic E-state index is 9.22. The van der Waals surface area contributed by atoms with Gasteiger partial charge in [0, 0.05) is 15.8 Å². The summed E-state index contributed by atoms with van der Waals surface area (Å²) < 4.78 is 0. The maximum Gasteiger partial charge on any atom is 0.133 e. The molecule has 2 heteroatoms. The highest BCUT2D eigenvalue weighted by Crippen LogP contribution is 2.28. The van der Waals surface area contributed by atoms with E-state index in [4.69, 9.17) is 0 Å². The smallest absolute Gasteiger partial charge is 0.133 e. The normalized spacial score (nSPS) is 11.0. The van der Waals surface area contributed by atoms with E-state index in [1.807, 2.05) is 26.0 Å². The van der Waals surface area contributed by atoms with Crippen LogP contribution in [0.5, 0.6) is 5.75 Å². The molecule has 0 radical (unpaired) electrons. The molecule has 0 aliphatic rings. The van der Waals surface area contributed by atoms with E-state index in [0.29, 0.717) is 5.75 Å². The molecule has 54 valence electrons. The maximum absolute atomic E-state index is 9.22. The Bertz CT molecular complexity index is 228. The molecule has 1 heterocycles. The van der Waals surface area contributed by atoms with Gasteiger partial charge in [-0.2, -0.15) is 0 Å². The van der Waals surface area contributed by atoms with Crippen molar-refractivity contribution in [2.45, 2.75) is 13.8 Å². The van der Waals surface area contributed by atoms with Crippen molar-refractivity contribution in [2.75, 3.05) is 0 Å². The molecule has 0 fully saturated rings. The van der Waals surface area contributed by atoms with Crippen LogP contribution >= 0.6 is 11.3 Å². The van der Waals surface area contributed by atoms with Crippen LogP contribution in [0.15, 0.2) is 11.5 Å². The van der Waals surface area contributed by atoms with Crippen LogP contribution in [-0.4, -0.2) is 5.11 Å². The molecule has 1 aromatic rings. The lowest BCUT2D eigenvalue weighted by Crippen LogP contribution is -1.68. The van der Waals surface area contributed by atoms with Crippen molar-refractivity contribution in [2.24, 2.45) is 0 Å². The summed E-state index contributed by atoms with van der Waals surface area (Å²) >= 11 is 1.57. The lowest BCUT2D eigenvalue weighted by molar-refractivity contribution is 0.476. The molecule has 0 saturated carbocycles. The van der Waals surface area contributed by atoms with Crippen molar-refractivity contribution in [3.05, 3.63) is 21.9 Å². The molecule has 0 aliphatic heterocycles. The van der Waals surface area contributed by atoms with E-state index in [1.165, 1.54) is 0 Å². The zero-order valence-electron chi connectivity index (χ0n) is 6.09. The average Bonchev–Trinajstić information content (AvgIpc) is 2.20. The summed E-state index contributed by atoms with van der Waals surface area (Å²) in [6.07, 6.45) is 3.84. The van der Waals surface area contributed by atoms with Crippen molar-refractivity contribution in [1.82, 2.24) is 0 Å². The molecule has 10 heavy (non-hydrogen) atoms. The second-order valence-corrected chi connectivity index (χ2v) is 3.17. The zero-order chi connectivity index (χ0) is 7.56. The Hall–Kier alpha value is -0.760. The molecule has 1 aromatic heterocycles. The first kappa shape index (κ1) is 7.35. The third-order valence-corrected chi connectivity index (χ3v) is 2.25. The van der Waals surface area contributed by atoms with Gasteiger partial charge in [0.05, 0.1) is 0 Å². The van der Waals surface area contributed by atoms with Gasteiger partial charge in [-0.15, -0.1) is 11.3 Å². The van der Waals surface area contributed by atoms with E-state index < -0.39 is 0 Å². The van der Waals surface area contributed by atoms with Crippen LogP contribution in [0, 0.1) is 6.92 Å². The Morgan fingerprint density at radius 2 is 2.30 bits per heavy atom. The third kappa shape index (κ3) is 1.21. The van der Waals surface area contributed by atoms with Gasteiger partial charge >= 0.3 is 0 Å². The molecule has 0 bridgehead atoms. The Labute approximate surface area is 64.6 Å². The molecule has 0 unspecified atom stereocenters. The minimum absolute atomic E-state index is 0.389. The average molecular weight is 154 g/mol. The highest BCUT2D eigenvalue weighted by molar-refractivity contribution is 7.10. The number of allylic oxidation sites excluding steroid dienone is 1. The van der Waals surface area contributed by atoms with Gasteiger partial charge in [0.2, 0.25) is 0 Å². The van der Waals surface area contributed by atoms with E-state index in [-0.39, 0.29) is 0 Å². The molecule has 1 N–H and O–H groups in total. The molecular weight excluding hydrogens is 144 g/mol. The number of hydrogen-bond acceptors (Lipinski definition) is 2. The Balaban J connectivity index is 3.10. The quantitative estimate of drug-likeness (QED) is 0.659. The zero-order valence-corrected chi connectivity index (χ0v) is 6.90. The molecule has 1 nitrogen and oxygen atoms in total. The monoisotopic (exact) mass is 154 g/mol. The lowest BCUT2D eigenvalue weighted by Gasteiger charge is -1.89. The number of aromatic hydroxyl groups is 1. The first-order valence-electron chi connectivity index (χ1n) is 3.15. The fraction of sp³-hybridized carbons (Fsp3) is 0.250. The minimum atomic E-state index is 0.389. The molecule has 0 saturated heterocycles. The van der Waals surface area contributed by atoms with Gasteiger partial charge in [0.15, 0.2) is 0 Å². The highest BCUT2D eigenvalue weighted by atomic mass is 32.1. The highest BCUT2D eigenvalue weighted by Gasteiger charge is 2.01. The minimum Gasteiger partial charge on any atom is -0.506 e. The van der Waals surface area contributed by atoms with Crippen LogP contribution in [0.25, 0.3) is 6.08 Å². The van der Waals surface area contributed by atoms with E-state index in [1.54, 1.807) is 16.7 Å². The Kier molecular flexibility index (Phi) is 2.12. The molecule has 1 rings (SSSR count). The van der Waals surface area contributed by atoms with Crippen molar-refractivity contribution >= 4 is 17.4 Å². The summed E-state index contributed by atoms with van der Waals surface area (Å²) in [6.45, 7) is 3.94. The summed E-state index contributed by atoms with van der Waals surface area (Å²) in [6, 6.07) is 0. The molecular formula is C8H10OS. The SMILES string of the molecule is CC=Cc1c(O)csc1C. The van der Waals surface area contributed by atoms with Crippen molar-refractivity contribution < 1.29 is 5.11 Å². The lowest BCUT2D eigenvalue weighted by atomic mass is 10.2. The molecule has 0 aromatic carbocycles. The van der Waals surface area contributed by atoms with Gasteiger partial charge in [-0.25, -0.2) is 0 Å². The van der Waals surface area contributed by atoms with Gasteiger partial charge < -0.3 is 5.11 Å². The second kappa shape index (κ2) is 2.88. The molecule has 0 aliphatic carbocycles. The second-order valence-electron chi connectivity index (χ2n) is 2.09. The Morgan fingerprint density at radius 1 is 1.60 bits per heavy atom.